The van der Waals surface area contributed by atoms with Gasteiger partial charge in [0.2, 0.25) is 0 Å². The first kappa shape index (κ1) is 30.9. The van der Waals surface area contributed by atoms with Crippen LogP contribution in [0.4, 0.5) is 0 Å². The Kier molecular flexibility index (Phi) is 8.51. The molecule has 40 heavy (non-hydrogen) atoms. The second kappa shape index (κ2) is 11.0. The maximum absolute atomic E-state index is 14.6. The molecular weight excluding hydrogens is 582 g/mol. The van der Waals surface area contributed by atoms with Crippen molar-refractivity contribution >= 4 is 47.0 Å². The highest BCUT2D eigenvalue weighted by atomic mass is 35.5. The molecule has 10 heteroatoms. The minimum absolute atomic E-state index is 0.135. The number of sulfonamides is 1. The van der Waals surface area contributed by atoms with Gasteiger partial charge in [0.05, 0.1) is 12.0 Å². The highest BCUT2D eigenvalue weighted by molar-refractivity contribution is 7.91. The average molecular weight is 620 g/mol. The molecule has 216 valence electrons. The van der Waals surface area contributed by atoms with Crippen LogP contribution in [0, 0.1) is 0 Å². The van der Waals surface area contributed by atoms with Gasteiger partial charge in [-0.1, -0.05) is 73.7 Å². The van der Waals surface area contributed by atoms with E-state index in [9.17, 15) is 18.3 Å². The molecule has 2 aromatic carbocycles. The van der Waals surface area contributed by atoms with Crippen molar-refractivity contribution < 1.29 is 23.1 Å². The molecule has 1 aliphatic rings. The van der Waals surface area contributed by atoms with Crippen LogP contribution in [0.1, 0.15) is 32.8 Å². The zero-order valence-electron chi connectivity index (χ0n) is 23.9. The number of hydrogen-bond donors (Lipinski definition) is 1. The van der Waals surface area contributed by atoms with Gasteiger partial charge in [-0.3, -0.25) is 0 Å². The number of carbonyl (C=O) groups excluding carboxylic acids is 1. The van der Waals surface area contributed by atoms with E-state index in [2.05, 4.69) is 19.6 Å². The fourth-order valence-corrected chi connectivity index (χ4v) is 9.52. The standard InChI is InChI=1S/C30H38ClNO5S2Si/c1-28(2,3)37-27(34)30(20-29(30,21-33)23-10-8-7-9-11-23)32(18-19-40(4,5)6)39(35,36)26-17-16-25(38-26)22-12-14-24(31)15-13-22/h7-17,33H,18-21H2,1-6H3/t29-,30+/m1/s1. The van der Waals surface area contributed by atoms with Crippen molar-refractivity contribution in [2.24, 2.45) is 0 Å². The third-order valence-corrected chi connectivity index (χ3v) is 12.8. The predicted molar refractivity (Wildman–Crippen MR) is 165 cm³/mol. The van der Waals surface area contributed by atoms with Crippen molar-refractivity contribution in [3.63, 3.8) is 0 Å². The van der Waals surface area contributed by atoms with Gasteiger partial charge >= 0.3 is 5.97 Å². The average Bonchev–Trinajstić information content (AvgIpc) is 3.29. The molecule has 1 aromatic heterocycles. The Bertz CT molecular complexity index is 1460. The molecule has 1 fully saturated rings. The molecule has 1 saturated carbocycles. The summed E-state index contributed by atoms with van der Waals surface area (Å²) in [5, 5.41) is 11.4. The van der Waals surface area contributed by atoms with Gasteiger partial charge < -0.3 is 9.84 Å². The normalized spacial score (nSPS) is 21.4. The van der Waals surface area contributed by atoms with Gasteiger partial charge in [0.1, 0.15) is 15.3 Å². The summed E-state index contributed by atoms with van der Waals surface area (Å²) in [6.07, 6.45) is 0.135. The van der Waals surface area contributed by atoms with Crippen LogP contribution in [0.3, 0.4) is 0 Å². The third kappa shape index (κ3) is 5.96. The summed E-state index contributed by atoms with van der Waals surface area (Å²) in [5.74, 6) is -0.633. The number of aliphatic hydroxyl groups excluding tert-OH is 1. The topological polar surface area (TPSA) is 83.9 Å². The summed E-state index contributed by atoms with van der Waals surface area (Å²) in [4.78, 5) is 14.9. The van der Waals surface area contributed by atoms with Crippen molar-refractivity contribution in [3.05, 3.63) is 77.3 Å². The number of rotatable bonds is 10. The Morgan fingerprint density at radius 2 is 1.68 bits per heavy atom. The molecule has 4 rings (SSSR count). The number of ether oxygens (including phenoxy) is 1. The number of thiophene rings is 1. The second-order valence-electron chi connectivity index (χ2n) is 12.7. The van der Waals surface area contributed by atoms with Gasteiger partial charge in [-0.05, 0) is 68.6 Å². The van der Waals surface area contributed by atoms with Gasteiger partial charge in [0, 0.05) is 24.5 Å². The lowest BCUT2D eigenvalue weighted by atomic mass is 9.91. The quantitative estimate of drug-likeness (QED) is 0.199. The van der Waals surface area contributed by atoms with Gasteiger partial charge in [-0.15, -0.1) is 11.3 Å². The maximum Gasteiger partial charge on any atom is 0.329 e. The molecule has 6 nitrogen and oxygen atoms in total. The molecule has 0 radical (unpaired) electrons. The predicted octanol–water partition coefficient (Wildman–Crippen LogP) is 6.81. The number of esters is 1. The molecule has 0 spiro atoms. The van der Waals surface area contributed by atoms with Crippen LogP contribution in [-0.2, 0) is 25.0 Å². The number of carbonyl (C=O) groups is 1. The van der Waals surface area contributed by atoms with Crippen molar-refractivity contribution in [1.29, 1.82) is 0 Å². The number of nitrogens with zero attached hydrogens (tertiary/aromatic N) is 1. The van der Waals surface area contributed by atoms with Crippen LogP contribution >= 0.6 is 22.9 Å². The third-order valence-electron chi connectivity index (χ3n) is 7.30. The van der Waals surface area contributed by atoms with E-state index in [1.165, 1.54) is 4.31 Å². The van der Waals surface area contributed by atoms with Crippen molar-refractivity contribution in [1.82, 2.24) is 4.31 Å². The smallest absolute Gasteiger partial charge is 0.329 e. The molecule has 0 saturated heterocycles. The van der Waals surface area contributed by atoms with E-state index in [1.807, 2.05) is 42.5 Å². The molecule has 1 N–H and O–H groups in total. The van der Waals surface area contributed by atoms with E-state index in [1.54, 1.807) is 45.0 Å². The van der Waals surface area contributed by atoms with Crippen LogP contribution in [0.2, 0.25) is 30.7 Å². The van der Waals surface area contributed by atoms with Crippen molar-refractivity contribution in [2.75, 3.05) is 13.2 Å². The molecule has 0 aliphatic heterocycles. The van der Waals surface area contributed by atoms with Crippen molar-refractivity contribution in [3.8, 4) is 10.4 Å². The Balaban J connectivity index is 1.88. The molecule has 0 unspecified atom stereocenters. The van der Waals surface area contributed by atoms with Gasteiger partial charge in [0.25, 0.3) is 10.0 Å². The lowest BCUT2D eigenvalue weighted by Crippen LogP contribution is -2.55. The molecule has 2 atom stereocenters. The lowest BCUT2D eigenvalue weighted by molar-refractivity contribution is -0.162. The Labute approximate surface area is 248 Å². The largest absolute Gasteiger partial charge is 0.459 e. The van der Waals surface area contributed by atoms with E-state index >= 15 is 0 Å². The molecule has 1 heterocycles. The van der Waals surface area contributed by atoms with Crippen LogP contribution in [0.5, 0.6) is 0 Å². The summed E-state index contributed by atoms with van der Waals surface area (Å²) in [7, 11) is -5.92. The zero-order valence-corrected chi connectivity index (χ0v) is 27.3. The van der Waals surface area contributed by atoms with E-state index in [-0.39, 0.29) is 17.2 Å². The van der Waals surface area contributed by atoms with Gasteiger partial charge in [0.15, 0.2) is 0 Å². The van der Waals surface area contributed by atoms with Crippen LogP contribution in [-0.4, -0.2) is 56.2 Å². The highest BCUT2D eigenvalue weighted by Gasteiger charge is 2.78. The van der Waals surface area contributed by atoms with Gasteiger partial charge in [-0.2, -0.15) is 4.31 Å². The number of benzene rings is 2. The zero-order chi connectivity index (χ0) is 29.6. The second-order valence-corrected chi connectivity index (χ2v) is 21.9. The Morgan fingerprint density at radius 3 is 2.23 bits per heavy atom. The summed E-state index contributed by atoms with van der Waals surface area (Å²) >= 11 is 7.21. The Morgan fingerprint density at radius 1 is 1.05 bits per heavy atom. The summed E-state index contributed by atoms with van der Waals surface area (Å²) in [6.45, 7) is 11.6. The van der Waals surface area contributed by atoms with E-state index in [0.717, 1.165) is 21.8 Å². The van der Waals surface area contributed by atoms with E-state index in [4.69, 9.17) is 16.3 Å². The van der Waals surface area contributed by atoms with Gasteiger partial charge in [-0.25, -0.2) is 13.2 Å². The molecule has 3 aromatic rings. The van der Waals surface area contributed by atoms with Crippen molar-refractivity contribution in [2.45, 2.75) is 73.6 Å². The highest BCUT2D eigenvalue weighted by Crippen LogP contribution is 2.63. The molecular formula is C30H38ClNO5S2Si. The SMILES string of the molecule is CC(C)(C)OC(=O)[C@@]1(N(CC[Si](C)(C)C)S(=O)(=O)c2ccc(-c3ccc(Cl)cc3)s2)C[C@@]1(CO)c1ccccc1. The molecule has 0 bridgehead atoms. The first-order valence-electron chi connectivity index (χ1n) is 13.3. The van der Waals surface area contributed by atoms with E-state index in [0.29, 0.717) is 16.6 Å². The first-order valence-corrected chi connectivity index (χ1v) is 19.7. The molecule has 1 aliphatic carbocycles. The van der Waals surface area contributed by atoms with E-state index < -0.39 is 47.2 Å². The van der Waals surface area contributed by atoms with Crippen LogP contribution < -0.4 is 0 Å². The fraction of sp³-hybridized carbons (Fsp3) is 0.433. The summed E-state index contributed by atoms with van der Waals surface area (Å²) in [5.41, 5.74) is -1.99. The number of hydrogen-bond acceptors (Lipinski definition) is 6. The first-order chi connectivity index (χ1) is 18.6. The number of halogens is 1. The minimum Gasteiger partial charge on any atom is -0.459 e. The van der Waals surface area contributed by atoms with Crippen LogP contribution in [0.25, 0.3) is 10.4 Å². The number of aliphatic hydroxyl groups is 1. The minimum atomic E-state index is -4.17. The summed E-state index contributed by atoms with van der Waals surface area (Å²) < 4.78 is 36.6. The monoisotopic (exact) mass is 619 g/mol. The maximum atomic E-state index is 14.6. The summed E-state index contributed by atoms with van der Waals surface area (Å²) in [6, 6.07) is 20.5. The Hall–Kier alpha value is -2.01. The lowest BCUT2D eigenvalue weighted by Gasteiger charge is -2.36. The fourth-order valence-electron chi connectivity index (χ4n) is 5.12. The molecule has 0 amide bonds. The van der Waals surface area contributed by atoms with Crippen LogP contribution in [0.15, 0.2) is 70.9 Å².